The SMILES string of the molecule is CCOC(=O)c1sc2nc(C)nc(S[C@H](C)C(=O)N(C)c3ccccc3)c2c1C. The second-order valence-electron chi connectivity index (χ2n) is 6.53. The Kier molecular flexibility index (Phi) is 6.54. The van der Waals surface area contributed by atoms with Crippen molar-refractivity contribution in [2.24, 2.45) is 0 Å². The molecule has 3 aromatic rings. The number of para-hydroxylation sites is 1. The van der Waals surface area contributed by atoms with Crippen molar-refractivity contribution in [1.82, 2.24) is 9.97 Å². The van der Waals surface area contributed by atoms with Gasteiger partial charge in [-0.05, 0) is 45.4 Å². The maximum Gasteiger partial charge on any atom is 0.348 e. The van der Waals surface area contributed by atoms with Gasteiger partial charge in [-0.25, -0.2) is 14.8 Å². The van der Waals surface area contributed by atoms with Crippen LogP contribution in [0.4, 0.5) is 5.69 Å². The lowest BCUT2D eigenvalue weighted by Gasteiger charge is -2.21. The summed E-state index contributed by atoms with van der Waals surface area (Å²) in [4.78, 5) is 37.2. The molecule has 1 atom stereocenters. The van der Waals surface area contributed by atoms with Crippen molar-refractivity contribution in [1.29, 1.82) is 0 Å². The summed E-state index contributed by atoms with van der Waals surface area (Å²) in [5, 5.41) is 1.16. The molecule has 0 spiro atoms. The molecule has 6 nitrogen and oxygen atoms in total. The Morgan fingerprint density at radius 3 is 2.55 bits per heavy atom. The lowest BCUT2D eigenvalue weighted by molar-refractivity contribution is -0.117. The molecule has 0 saturated carbocycles. The van der Waals surface area contributed by atoms with E-state index in [-0.39, 0.29) is 17.1 Å². The molecule has 0 saturated heterocycles. The van der Waals surface area contributed by atoms with Crippen molar-refractivity contribution in [3.05, 3.63) is 46.6 Å². The molecule has 29 heavy (non-hydrogen) atoms. The Labute approximate surface area is 178 Å². The molecule has 1 amide bonds. The van der Waals surface area contributed by atoms with Crippen molar-refractivity contribution in [3.63, 3.8) is 0 Å². The topological polar surface area (TPSA) is 72.4 Å². The molecule has 152 valence electrons. The van der Waals surface area contributed by atoms with Crippen molar-refractivity contribution in [2.45, 2.75) is 38.0 Å². The predicted molar refractivity (Wildman–Crippen MR) is 118 cm³/mol. The van der Waals surface area contributed by atoms with Crippen molar-refractivity contribution in [2.75, 3.05) is 18.6 Å². The number of nitrogens with zero attached hydrogens (tertiary/aromatic N) is 3. The van der Waals surface area contributed by atoms with Gasteiger partial charge in [0.05, 0.1) is 11.9 Å². The van der Waals surface area contributed by atoms with Gasteiger partial charge in [0, 0.05) is 18.1 Å². The average molecular weight is 430 g/mol. The van der Waals surface area contributed by atoms with Crippen LogP contribution in [0.3, 0.4) is 0 Å². The minimum absolute atomic E-state index is 0.0240. The van der Waals surface area contributed by atoms with Crippen LogP contribution in [0.2, 0.25) is 0 Å². The fourth-order valence-corrected chi connectivity index (χ4v) is 5.28. The molecule has 1 aromatic carbocycles. The van der Waals surface area contributed by atoms with Crippen molar-refractivity contribution >= 4 is 50.9 Å². The van der Waals surface area contributed by atoms with Gasteiger partial charge in [0.25, 0.3) is 0 Å². The van der Waals surface area contributed by atoms with Crippen molar-refractivity contribution < 1.29 is 14.3 Å². The van der Waals surface area contributed by atoms with Gasteiger partial charge in [-0.3, -0.25) is 4.79 Å². The highest BCUT2D eigenvalue weighted by molar-refractivity contribution is 8.00. The van der Waals surface area contributed by atoms with E-state index in [4.69, 9.17) is 4.74 Å². The third-order valence-corrected chi connectivity index (χ3v) is 6.68. The Morgan fingerprint density at radius 2 is 1.90 bits per heavy atom. The Hall–Kier alpha value is -2.45. The van der Waals surface area contributed by atoms with Gasteiger partial charge in [-0.2, -0.15) is 0 Å². The number of amides is 1. The lowest BCUT2D eigenvalue weighted by Crippen LogP contribution is -2.33. The highest BCUT2D eigenvalue weighted by atomic mass is 32.2. The van der Waals surface area contributed by atoms with Crippen LogP contribution in [0.15, 0.2) is 35.4 Å². The third-order valence-electron chi connectivity index (χ3n) is 4.44. The molecule has 2 aromatic heterocycles. The van der Waals surface area contributed by atoms with E-state index in [1.165, 1.54) is 23.1 Å². The number of thioether (sulfide) groups is 1. The smallest absolute Gasteiger partial charge is 0.348 e. The van der Waals surface area contributed by atoms with Crippen LogP contribution in [0, 0.1) is 13.8 Å². The van der Waals surface area contributed by atoms with E-state index in [9.17, 15) is 9.59 Å². The monoisotopic (exact) mass is 429 g/mol. The number of hydrogen-bond acceptors (Lipinski definition) is 7. The standard InChI is InChI=1S/C21H23N3O3S2/c1-6-27-21(26)17-12(2)16-18(22-14(4)23-19(16)29-17)28-13(3)20(25)24(5)15-10-8-7-9-11-15/h7-11,13H,6H2,1-5H3/t13-/m1/s1. The molecule has 3 rings (SSSR count). The Balaban J connectivity index is 1.93. The van der Waals surface area contributed by atoms with Gasteiger partial charge >= 0.3 is 5.97 Å². The first kappa shape index (κ1) is 21.3. The van der Waals surface area contributed by atoms with E-state index in [0.717, 1.165) is 21.5 Å². The zero-order valence-corrected chi connectivity index (χ0v) is 18.7. The molecule has 0 aliphatic rings. The summed E-state index contributed by atoms with van der Waals surface area (Å²) >= 11 is 2.69. The minimum Gasteiger partial charge on any atom is -0.462 e. The fourth-order valence-electron chi connectivity index (χ4n) is 2.95. The fraction of sp³-hybridized carbons (Fsp3) is 0.333. The Morgan fingerprint density at radius 1 is 1.21 bits per heavy atom. The van der Waals surface area contributed by atoms with Crippen LogP contribution in [-0.2, 0) is 9.53 Å². The summed E-state index contributed by atoms with van der Waals surface area (Å²) in [6.45, 7) is 7.64. The molecule has 0 fully saturated rings. The van der Waals surface area contributed by atoms with Crippen LogP contribution < -0.4 is 4.90 Å². The van der Waals surface area contributed by atoms with Crippen LogP contribution in [-0.4, -0.2) is 40.7 Å². The van der Waals surface area contributed by atoms with Gasteiger partial charge in [-0.15, -0.1) is 11.3 Å². The highest BCUT2D eigenvalue weighted by Gasteiger charge is 2.25. The van der Waals surface area contributed by atoms with E-state index in [1.54, 1.807) is 18.9 Å². The molecule has 0 unspecified atom stereocenters. The van der Waals surface area contributed by atoms with Gasteiger partial charge < -0.3 is 9.64 Å². The summed E-state index contributed by atoms with van der Waals surface area (Å²) in [7, 11) is 1.77. The van der Waals surface area contributed by atoms with Gasteiger partial charge in [0.15, 0.2) is 0 Å². The maximum atomic E-state index is 12.9. The average Bonchev–Trinajstić information content (AvgIpc) is 3.04. The number of carbonyl (C=O) groups excluding carboxylic acids is 2. The van der Waals surface area contributed by atoms with E-state index >= 15 is 0 Å². The molecule has 0 N–H and O–H groups in total. The summed E-state index contributed by atoms with van der Waals surface area (Å²) in [6, 6.07) is 9.52. The Bertz CT molecular complexity index is 1050. The number of carbonyl (C=O) groups is 2. The molecule has 0 radical (unpaired) electrons. The summed E-state index contributed by atoms with van der Waals surface area (Å²) in [6.07, 6.45) is 0. The largest absolute Gasteiger partial charge is 0.462 e. The van der Waals surface area contributed by atoms with E-state index in [0.29, 0.717) is 22.3 Å². The number of benzene rings is 1. The van der Waals surface area contributed by atoms with E-state index in [1.807, 2.05) is 51.1 Å². The molecular formula is C21H23N3O3S2. The number of hydrogen-bond donors (Lipinski definition) is 0. The van der Waals surface area contributed by atoms with Gasteiger partial charge in [0.1, 0.15) is 20.6 Å². The van der Waals surface area contributed by atoms with E-state index in [2.05, 4.69) is 9.97 Å². The lowest BCUT2D eigenvalue weighted by atomic mass is 10.2. The summed E-state index contributed by atoms with van der Waals surface area (Å²) in [5.41, 5.74) is 1.63. The normalized spacial score (nSPS) is 12.0. The number of anilines is 1. The quantitative estimate of drug-likeness (QED) is 0.323. The van der Waals surface area contributed by atoms with Crippen LogP contribution in [0.5, 0.6) is 0 Å². The second-order valence-corrected chi connectivity index (χ2v) is 8.85. The predicted octanol–water partition coefficient (Wildman–Crippen LogP) is 4.63. The van der Waals surface area contributed by atoms with Crippen LogP contribution in [0.1, 0.15) is 34.9 Å². The summed E-state index contributed by atoms with van der Waals surface area (Å²) < 4.78 is 5.16. The molecule has 8 heteroatoms. The first-order chi connectivity index (χ1) is 13.8. The van der Waals surface area contributed by atoms with Gasteiger partial charge in [0.2, 0.25) is 5.91 Å². The minimum atomic E-state index is -0.358. The molecular weight excluding hydrogens is 406 g/mol. The first-order valence-electron chi connectivity index (χ1n) is 9.27. The van der Waals surface area contributed by atoms with Crippen LogP contribution >= 0.6 is 23.1 Å². The maximum absolute atomic E-state index is 12.9. The summed E-state index contributed by atoms with van der Waals surface area (Å²) in [5.74, 6) is 0.228. The number of fused-ring (bicyclic) bond motifs is 1. The number of esters is 1. The number of ether oxygens (including phenoxy) is 1. The zero-order valence-electron chi connectivity index (χ0n) is 17.1. The number of thiophene rings is 1. The zero-order chi connectivity index (χ0) is 21.1. The highest BCUT2D eigenvalue weighted by Crippen LogP contribution is 2.37. The van der Waals surface area contributed by atoms with Gasteiger partial charge in [-0.1, -0.05) is 30.0 Å². The molecule has 2 heterocycles. The second kappa shape index (κ2) is 8.92. The number of aromatic nitrogens is 2. The first-order valence-corrected chi connectivity index (χ1v) is 11.0. The molecule has 0 aliphatic heterocycles. The van der Waals surface area contributed by atoms with Crippen molar-refractivity contribution in [3.8, 4) is 0 Å². The number of aryl methyl sites for hydroxylation is 2. The molecule has 0 aliphatic carbocycles. The molecule has 0 bridgehead atoms. The van der Waals surface area contributed by atoms with E-state index < -0.39 is 0 Å². The van der Waals surface area contributed by atoms with Crippen LogP contribution in [0.25, 0.3) is 10.2 Å². The third kappa shape index (κ3) is 4.43. The number of rotatable bonds is 6.